The quantitative estimate of drug-likeness (QED) is 0.783. The lowest BCUT2D eigenvalue weighted by Crippen LogP contribution is -2.29. The minimum Gasteiger partial charge on any atom is -0.495 e. The highest BCUT2D eigenvalue weighted by atomic mass is 79.9. The first-order chi connectivity index (χ1) is 9.10. The molecule has 2 rings (SSSR count). The maximum Gasteiger partial charge on any atom is 0.238 e. The lowest BCUT2D eigenvalue weighted by molar-refractivity contribution is -0.115. The van der Waals surface area contributed by atoms with E-state index in [9.17, 15) is 4.79 Å². The summed E-state index contributed by atoms with van der Waals surface area (Å²) in [5.74, 6) is 1.41. The fourth-order valence-electron chi connectivity index (χ4n) is 1.69. The number of amides is 1. The van der Waals surface area contributed by atoms with E-state index in [0.29, 0.717) is 18.0 Å². The molecule has 104 valence electrons. The van der Waals surface area contributed by atoms with E-state index < -0.39 is 0 Å². The molecule has 0 bridgehead atoms. The number of halogens is 2. The van der Waals surface area contributed by atoms with E-state index in [1.807, 2.05) is 6.07 Å². The number of carbonyl (C=O) groups excluding carboxylic acids is 1. The van der Waals surface area contributed by atoms with Gasteiger partial charge in [-0.05, 0) is 63.2 Å². The van der Waals surface area contributed by atoms with E-state index in [0.717, 1.165) is 21.4 Å². The zero-order valence-corrected chi connectivity index (χ0v) is 13.8. The molecule has 6 heteroatoms. The highest BCUT2D eigenvalue weighted by Crippen LogP contribution is 2.34. The molecule has 0 aliphatic heterocycles. The van der Waals surface area contributed by atoms with Crippen molar-refractivity contribution in [2.75, 3.05) is 25.5 Å². The van der Waals surface area contributed by atoms with Gasteiger partial charge in [0.1, 0.15) is 5.75 Å². The Bertz CT molecular complexity index is 476. The van der Waals surface area contributed by atoms with Gasteiger partial charge in [-0.15, -0.1) is 0 Å². The van der Waals surface area contributed by atoms with Gasteiger partial charge in [-0.25, -0.2) is 0 Å². The molecular weight excluding hydrogens is 376 g/mol. The second kappa shape index (κ2) is 6.72. The van der Waals surface area contributed by atoms with E-state index >= 15 is 0 Å². The third-order valence-electron chi connectivity index (χ3n) is 2.93. The predicted molar refractivity (Wildman–Crippen MR) is 82.6 cm³/mol. The summed E-state index contributed by atoms with van der Waals surface area (Å²) < 4.78 is 6.86. The number of nitrogens with one attached hydrogen (secondary N) is 2. The largest absolute Gasteiger partial charge is 0.495 e. The molecular formula is C13H16Br2N2O2. The first-order valence-electron chi connectivity index (χ1n) is 6.13. The summed E-state index contributed by atoms with van der Waals surface area (Å²) in [4.78, 5) is 11.8. The summed E-state index contributed by atoms with van der Waals surface area (Å²) in [6.45, 7) is 1.26. The topological polar surface area (TPSA) is 50.4 Å². The van der Waals surface area contributed by atoms with Crippen molar-refractivity contribution in [2.24, 2.45) is 5.92 Å². The number of hydrogen-bond acceptors (Lipinski definition) is 3. The first-order valence-corrected chi connectivity index (χ1v) is 7.72. The van der Waals surface area contributed by atoms with Gasteiger partial charge in [-0.3, -0.25) is 4.79 Å². The lowest BCUT2D eigenvalue weighted by Gasteiger charge is -2.11. The van der Waals surface area contributed by atoms with E-state index in [2.05, 4.69) is 42.5 Å². The third-order valence-corrected chi connectivity index (χ3v) is 4.21. The molecule has 4 nitrogen and oxygen atoms in total. The van der Waals surface area contributed by atoms with Gasteiger partial charge >= 0.3 is 0 Å². The second-order valence-corrected chi connectivity index (χ2v) is 6.30. The Balaban J connectivity index is 1.91. The predicted octanol–water partition coefficient (Wildman–Crippen LogP) is 3.16. The molecule has 2 N–H and O–H groups in total. The van der Waals surface area contributed by atoms with Crippen molar-refractivity contribution in [3.05, 3.63) is 21.1 Å². The van der Waals surface area contributed by atoms with Crippen LogP contribution in [0.3, 0.4) is 0 Å². The highest BCUT2D eigenvalue weighted by molar-refractivity contribution is 9.11. The SMILES string of the molecule is COc1cc(NC(=O)CNCC2CC2)c(Br)cc1Br. The molecule has 0 radical (unpaired) electrons. The van der Waals surface area contributed by atoms with Crippen LogP contribution < -0.4 is 15.4 Å². The number of rotatable bonds is 6. The van der Waals surface area contributed by atoms with Crippen LogP contribution in [0.4, 0.5) is 5.69 Å². The molecule has 19 heavy (non-hydrogen) atoms. The second-order valence-electron chi connectivity index (χ2n) is 4.59. The van der Waals surface area contributed by atoms with Crippen molar-refractivity contribution < 1.29 is 9.53 Å². The Morgan fingerprint density at radius 1 is 1.37 bits per heavy atom. The van der Waals surface area contributed by atoms with Gasteiger partial charge in [0, 0.05) is 10.5 Å². The number of benzene rings is 1. The van der Waals surface area contributed by atoms with Crippen molar-refractivity contribution >= 4 is 43.5 Å². The summed E-state index contributed by atoms with van der Waals surface area (Å²) in [7, 11) is 1.59. The molecule has 0 spiro atoms. The summed E-state index contributed by atoms with van der Waals surface area (Å²) in [5.41, 5.74) is 0.707. The van der Waals surface area contributed by atoms with Crippen LogP contribution in [0.15, 0.2) is 21.1 Å². The lowest BCUT2D eigenvalue weighted by atomic mass is 10.3. The zero-order chi connectivity index (χ0) is 13.8. The Kier molecular flexibility index (Phi) is 5.24. The van der Waals surface area contributed by atoms with E-state index in [4.69, 9.17) is 4.74 Å². The molecule has 1 aliphatic carbocycles. The fourth-order valence-corrected chi connectivity index (χ4v) is 2.94. The van der Waals surface area contributed by atoms with Crippen LogP contribution in [0.25, 0.3) is 0 Å². The number of carbonyl (C=O) groups is 1. The van der Waals surface area contributed by atoms with Crippen LogP contribution in [-0.4, -0.2) is 26.1 Å². The average molecular weight is 392 g/mol. The van der Waals surface area contributed by atoms with Gasteiger partial charge in [-0.1, -0.05) is 0 Å². The Labute approximate surface area is 129 Å². The van der Waals surface area contributed by atoms with E-state index in [-0.39, 0.29) is 5.91 Å². The standard InChI is InChI=1S/C13H16Br2N2O2/c1-19-12-5-11(9(14)4-10(12)15)17-13(18)7-16-6-8-2-3-8/h4-5,8,16H,2-3,6-7H2,1H3,(H,17,18). The summed E-state index contributed by atoms with van der Waals surface area (Å²) in [5, 5.41) is 6.02. The molecule has 1 aromatic rings. The van der Waals surface area contributed by atoms with Crippen molar-refractivity contribution in [3.8, 4) is 5.75 Å². The summed E-state index contributed by atoms with van der Waals surface area (Å²) in [6.07, 6.45) is 2.56. The van der Waals surface area contributed by atoms with Gasteiger partial charge in [-0.2, -0.15) is 0 Å². The third kappa shape index (κ3) is 4.47. The number of ether oxygens (including phenoxy) is 1. The maximum atomic E-state index is 11.8. The molecule has 0 heterocycles. The zero-order valence-electron chi connectivity index (χ0n) is 10.6. The summed E-state index contributed by atoms with van der Waals surface area (Å²) in [6, 6.07) is 3.64. The van der Waals surface area contributed by atoms with Crippen LogP contribution >= 0.6 is 31.9 Å². The first kappa shape index (κ1) is 14.8. The van der Waals surface area contributed by atoms with Crippen molar-refractivity contribution in [1.29, 1.82) is 0 Å². The number of hydrogen-bond donors (Lipinski definition) is 2. The van der Waals surface area contributed by atoms with Gasteiger partial charge < -0.3 is 15.4 Å². The average Bonchev–Trinajstić information content (AvgIpc) is 3.16. The van der Waals surface area contributed by atoms with Crippen LogP contribution in [0.5, 0.6) is 5.75 Å². The van der Waals surface area contributed by atoms with Crippen molar-refractivity contribution in [1.82, 2.24) is 5.32 Å². The van der Waals surface area contributed by atoms with Crippen molar-refractivity contribution in [2.45, 2.75) is 12.8 Å². The molecule has 0 atom stereocenters. The Hall–Kier alpha value is -0.590. The molecule has 1 fully saturated rings. The van der Waals surface area contributed by atoms with Crippen LogP contribution in [0.1, 0.15) is 12.8 Å². The van der Waals surface area contributed by atoms with Gasteiger partial charge in [0.05, 0.1) is 23.8 Å². The Morgan fingerprint density at radius 3 is 2.74 bits per heavy atom. The minimum atomic E-state index is -0.0503. The minimum absolute atomic E-state index is 0.0503. The normalized spacial score (nSPS) is 14.3. The number of anilines is 1. The molecule has 0 unspecified atom stereocenters. The van der Waals surface area contributed by atoms with Crippen LogP contribution in [0, 0.1) is 5.92 Å². The highest BCUT2D eigenvalue weighted by Gasteiger charge is 2.20. The van der Waals surface area contributed by atoms with E-state index in [1.54, 1.807) is 13.2 Å². The summed E-state index contributed by atoms with van der Waals surface area (Å²) >= 11 is 6.81. The molecule has 0 aromatic heterocycles. The van der Waals surface area contributed by atoms with Gasteiger partial charge in [0.25, 0.3) is 0 Å². The maximum absolute atomic E-state index is 11.8. The smallest absolute Gasteiger partial charge is 0.238 e. The number of methoxy groups -OCH3 is 1. The van der Waals surface area contributed by atoms with Gasteiger partial charge in [0.15, 0.2) is 0 Å². The van der Waals surface area contributed by atoms with Crippen LogP contribution in [-0.2, 0) is 4.79 Å². The Morgan fingerprint density at radius 2 is 2.11 bits per heavy atom. The molecule has 1 aliphatic rings. The fraction of sp³-hybridized carbons (Fsp3) is 0.462. The monoisotopic (exact) mass is 390 g/mol. The van der Waals surface area contributed by atoms with E-state index in [1.165, 1.54) is 12.8 Å². The van der Waals surface area contributed by atoms with Crippen LogP contribution in [0.2, 0.25) is 0 Å². The molecule has 1 aromatic carbocycles. The van der Waals surface area contributed by atoms with Crippen molar-refractivity contribution in [3.63, 3.8) is 0 Å². The molecule has 1 amide bonds. The molecule has 1 saturated carbocycles. The molecule has 0 saturated heterocycles. The van der Waals surface area contributed by atoms with Gasteiger partial charge in [0.2, 0.25) is 5.91 Å².